The summed E-state index contributed by atoms with van der Waals surface area (Å²) in [5.74, 6) is -0.633. The van der Waals surface area contributed by atoms with E-state index in [9.17, 15) is 4.79 Å². The van der Waals surface area contributed by atoms with Gasteiger partial charge >= 0.3 is 5.97 Å². The average molecular weight is 255 g/mol. The van der Waals surface area contributed by atoms with Crippen LogP contribution in [0.3, 0.4) is 0 Å². The Morgan fingerprint density at radius 1 is 1.35 bits per heavy atom. The van der Waals surface area contributed by atoms with Gasteiger partial charge in [0.15, 0.2) is 0 Å². The highest BCUT2D eigenvalue weighted by Gasteiger charge is 2.08. The second-order valence-corrected chi connectivity index (χ2v) is 3.97. The summed E-state index contributed by atoms with van der Waals surface area (Å²) in [5.41, 5.74) is 5.72. The quantitative estimate of drug-likeness (QED) is 0.511. The Balaban J connectivity index is 2.71. The predicted octanol–water partition coefficient (Wildman–Crippen LogP) is 2.83. The highest BCUT2D eigenvalue weighted by atomic mass is 35.5. The van der Waals surface area contributed by atoms with E-state index < -0.39 is 5.97 Å². The van der Waals surface area contributed by atoms with Crippen molar-refractivity contribution in [3.63, 3.8) is 0 Å². The third kappa shape index (κ3) is 4.44. The number of anilines is 1. The molecule has 0 aromatic heterocycles. The summed E-state index contributed by atoms with van der Waals surface area (Å²) in [4.78, 5) is 11.2. The van der Waals surface area contributed by atoms with E-state index in [2.05, 4.69) is 10.5 Å². The molecule has 0 aliphatic heterocycles. The molecule has 0 aliphatic carbocycles. The van der Waals surface area contributed by atoms with E-state index in [1.54, 1.807) is 6.92 Å². The van der Waals surface area contributed by atoms with Crippen LogP contribution in [-0.4, -0.2) is 17.7 Å². The number of hydrogen-bond donors (Lipinski definition) is 1. The summed E-state index contributed by atoms with van der Waals surface area (Å²) in [6, 6.07) is 5.86. The Morgan fingerprint density at radius 2 is 1.94 bits per heavy atom. The third-order valence-corrected chi connectivity index (χ3v) is 2.19. The Labute approximate surface area is 106 Å². The molecule has 0 atom stereocenters. The maximum Gasteiger partial charge on any atom is 0.370 e. The van der Waals surface area contributed by atoms with Gasteiger partial charge in [-0.15, -0.1) is 0 Å². The fourth-order valence-corrected chi connectivity index (χ4v) is 1.49. The van der Waals surface area contributed by atoms with Crippen LogP contribution in [0.25, 0.3) is 0 Å². The van der Waals surface area contributed by atoms with Crippen LogP contribution >= 0.6 is 11.6 Å². The number of aryl methyl sites for hydroxylation is 2. The van der Waals surface area contributed by atoms with Gasteiger partial charge in [-0.05, 0) is 44.0 Å². The van der Waals surface area contributed by atoms with Crippen LogP contribution in [-0.2, 0) is 9.53 Å². The first-order valence-electron chi connectivity index (χ1n) is 5.27. The first-order valence-corrected chi connectivity index (χ1v) is 5.65. The molecule has 0 bridgehead atoms. The molecule has 1 aromatic carbocycles. The number of halogens is 1. The van der Waals surface area contributed by atoms with Gasteiger partial charge in [0.05, 0.1) is 12.3 Å². The van der Waals surface area contributed by atoms with Gasteiger partial charge in [0.2, 0.25) is 5.17 Å². The van der Waals surface area contributed by atoms with Crippen molar-refractivity contribution in [1.82, 2.24) is 0 Å². The van der Waals surface area contributed by atoms with Crippen LogP contribution in [0.1, 0.15) is 18.1 Å². The zero-order valence-electron chi connectivity index (χ0n) is 10.1. The van der Waals surface area contributed by atoms with E-state index >= 15 is 0 Å². The Hall–Kier alpha value is -1.55. The maximum atomic E-state index is 11.2. The van der Waals surface area contributed by atoms with Crippen LogP contribution < -0.4 is 5.43 Å². The Bertz CT molecular complexity index is 424. The molecule has 0 aliphatic rings. The van der Waals surface area contributed by atoms with E-state index in [1.165, 1.54) is 0 Å². The van der Waals surface area contributed by atoms with E-state index in [-0.39, 0.29) is 11.8 Å². The molecule has 0 radical (unpaired) electrons. The number of esters is 1. The van der Waals surface area contributed by atoms with Crippen molar-refractivity contribution >= 4 is 28.4 Å². The minimum Gasteiger partial charge on any atom is -0.461 e. The lowest BCUT2D eigenvalue weighted by Gasteiger charge is -2.04. The lowest BCUT2D eigenvalue weighted by atomic mass is 10.1. The number of ether oxygens (including phenoxy) is 1. The van der Waals surface area contributed by atoms with Crippen molar-refractivity contribution in [3.8, 4) is 0 Å². The molecule has 92 valence electrons. The molecule has 1 rings (SSSR count). The molecule has 0 heterocycles. The van der Waals surface area contributed by atoms with Gasteiger partial charge < -0.3 is 4.74 Å². The molecule has 1 aromatic rings. The van der Waals surface area contributed by atoms with E-state index in [0.29, 0.717) is 0 Å². The summed E-state index contributed by atoms with van der Waals surface area (Å²) >= 11 is 5.65. The van der Waals surface area contributed by atoms with Gasteiger partial charge in [-0.2, -0.15) is 5.10 Å². The first kappa shape index (κ1) is 13.5. The lowest BCUT2D eigenvalue weighted by Crippen LogP contribution is -2.13. The molecule has 5 heteroatoms. The number of rotatable bonds is 4. The van der Waals surface area contributed by atoms with E-state index in [4.69, 9.17) is 16.3 Å². The van der Waals surface area contributed by atoms with E-state index in [1.807, 2.05) is 32.0 Å². The molecule has 0 fully saturated rings. The van der Waals surface area contributed by atoms with Gasteiger partial charge in [-0.1, -0.05) is 17.7 Å². The number of hydrogen-bond acceptors (Lipinski definition) is 4. The number of nitrogens with one attached hydrogen (secondary N) is 1. The molecule has 0 amide bonds. The first-order chi connectivity index (χ1) is 8.02. The second kappa shape index (κ2) is 6.25. The summed E-state index contributed by atoms with van der Waals surface area (Å²) in [6.45, 7) is 5.94. The SMILES string of the molecule is CCOC(=O)C(Cl)=NNc1cc(C)cc(C)c1. The minimum absolute atomic E-state index is 0.217. The Kier molecular flexibility index (Phi) is 4.97. The topological polar surface area (TPSA) is 50.7 Å². The van der Waals surface area contributed by atoms with Gasteiger partial charge in [0.25, 0.3) is 0 Å². The third-order valence-electron chi connectivity index (χ3n) is 1.95. The summed E-state index contributed by atoms with van der Waals surface area (Å²) < 4.78 is 4.70. The van der Waals surface area contributed by atoms with Crippen molar-refractivity contribution < 1.29 is 9.53 Å². The summed E-state index contributed by atoms with van der Waals surface area (Å²) in [7, 11) is 0. The summed E-state index contributed by atoms with van der Waals surface area (Å²) in [6.07, 6.45) is 0. The zero-order valence-corrected chi connectivity index (χ0v) is 10.8. The minimum atomic E-state index is -0.633. The lowest BCUT2D eigenvalue weighted by molar-refractivity contribution is -0.134. The van der Waals surface area contributed by atoms with Crippen molar-refractivity contribution in [2.45, 2.75) is 20.8 Å². The van der Waals surface area contributed by atoms with Gasteiger partial charge in [-0.25, -0.2) is 4.79 Å². The molecule has 0 unspecified atom stereocenters. The van der Waals surface area contributed by atoms with Crippen LogP contribution in [0.4, 0.5) is 5.69 Å². The van der Waals surface area contributed by atoms with Crippen molar-refractivity contribution in [2.75, 3.05) is 12.0 Å². The number of carbonyl (C=O) groups is 1. The smallest absolute Gasteiger partial charge is 0.370 e. The fraction of sp³-hybridized carbons (Fsp3) is 0.333. The molecule has 4 nitrogen and oxygen atoms in total. The molecule has 0 saturated heterocycles. The standard InChI is InChI=1S/C12H15ClN2O2/c1-4-17-12(16)11(13)15-14-10-6-8(2)5-9(3)7-10/h5-7,14H,4H2,1-3H3. The van der Waals surface area contributed by atoms with Gasteiger partial charge in [0.1, 0.15) is 0 Å². The van der Waals surface area contributed by atoms with Crippen LogP contribution in [0.2, 0.25) is 0 Å². The second-order valence-electron chi connectivity index (χ2n) is 3.61. The fourth-order valence-electron chi connectivity index (χ4n) is 1.39. The van der Waals surface area contributed by atoms with Crippen LogP contribution in [0.5, 0.6) is 0 Å². The van der Waals surface area contributed by atoms with Crippen molar-refractivity contribution in [2.24, 2.45) is 5.10 Å². The molecule has 1 N–H and O–H groups in total. The number of benzene rings is 1. The monoisotopic (exact) mass is 254 g/mol. The number of carbonyl (C=O) groups excluding carboxylic acids is 1. The maximum absolute atomic E-state index is 11.2. The van der Waals surface area contributed by atoms with Gasteiger partial charge in [-0.3, -0.25) is 5.43 Å². The van der Waals surface area contributed by atoms with Gasteiger partial charge in [0, 0.05) is 0 Å². The predicted molar refractivity (Wildman–Crippen MR) is 69.5 cm³/mol. The molecule has 0 spiro atoms. The number of nitrogens with zero attached hydrogens (tertiary/aromatic N) is 1. The highest BCUT2D eigenvalue weighted by Crippen LogP contribution is 2.13. The molecule has 17 heavy (non-hydrogen) atoms. The average Bonchev–Trinajstić information content (AvgIpc) is 2.25. The Morgan fingerprint density at radius 3 is 2.47 bits per heavy atom. The normalized spacial score (nSPS) is 11.2. The van der Waals surface area contributed by atoms with Crippen LogP contribution in [0.15, 0.2) is 23.3 Å². The molecular formula is C12H15ClN2O2. The largest absolute Gasteiger partial charge is 0.461 e. The van der Waals surface area contributed by atoms with Crippen LogP contribution in [0, 0.1) is 13.8 Å². The number of hydrazone groups is 1. The summed E-state index contributed by atoms with van der Waals surface area (Å²) in [5, 5.41) is 3.54. The molecular weight excluding hydrogens is 240 g/mol. The van der Waals surface area contributed by atoms with E-state index in [0.717, 1.165) is 16.8 Å². The van der Waals surface area contributed by atoms with Crippen molar-refractivity contribution in [1.29, 1.82) is 0 Å². The highest BCUT2D eigenvalue weighted by molar-refractivity contribution is 6.82. The zero-order chi connectivity index (χ0) is 12.8. The van der Waals surface area contributed by atoms with Crippen molar-refractivity contribution in [3.05, 3.63) is 29.3 Å². The molecule has 0 saturated carbocycles.